The maximum absolute atomic E-state index is 12.9. The number of carbonyl (C=O) groups is 2. The van der Waals surface area contributed by atoms with Crippen LogP contribution < -0.4 is 4.90 Å². The highest BCUT2D eigenvalue weighted by molar-refractivity contribution is 7.14. The molecule has 0 N–H and O–H groups in total. The van der Waals surface area contributed by atoms with Gasteiger partial charge in [-0.1, -0.05) is 37.1 Å². The molecular formula is C21H25ClN2O3S. The molecule has 0 saturated heterocycles. The molecule has 1 aliphatic rings. The second-order valence-electron chi connectivity index (χ2n) is 6.88. The maximum atomic E-state index is 12.9. The Kier molecular flexibility index (Phi) is 7.08. The van der Waals surface area contributed by atoms with Crippen LogP contribution in [0.2, 0.25) is 5.02 Å². The zero-order valence-electron chi connectivity index (χ0n) is 16.2. The van der Waals surface area contributed by atoms with E-state index in [2.05, 4.69) is 11.1 Å². The predicted molar refractivity (Wildman–Crippen MR) is 112 cm³/mol. The van der Waals surface area contributed by atoms with Crippen LogP contribution in [0.4, 0.5) is 5.13 Å². The van der Waals surface area contributed by atoms with Crippen LogP contribution in [0.3, 0.4) is 0 Å². The maximum Gasteiger partial charge on any atom is 0.311 e. The van der Waals surface area contributed by atoms with Gasteiger partial charge in [-0.2, -0.15) is 0 Å². The number of hydrogen-bond acceptors (Lipinski definition) is 5. The Balaban J connectivity index is 1.87. The highest BCUT2D eigenvalue weighted by Gasteiger charge is 2.37. The van der Waals surface area contributed by atoms with E-state index in [-0.39, 0.29) is 30.3 Å². The number of nitrogens with zero attached hydrogens (tertiary/aromatic N) is 2. The third kappa shape index (κ3) is 4.73. The van der Waals surface area contributed by atoms with Crippen LogP contribution in [-0.4, -0.2) is 29.5 Å². The van der Waals surface area contributed by atoms with Gasteiger partial charge in [0, 0.05) is 28.8 Å². The fourth-order valence-electron chi connectivity index (χ4n) is 3.83. The molecule has 0 spiro atoms. The molecule has 1 aromatic heterocycles. The number of hydrogen-bond donors (Lipinski definition) is 0. The number of esters is 1. The Hall–Kier alpha value is -1.92. The van der Waals surface area contributed by atoms with Crippen molar-refractivity contribution in [3.63, 3.8) is 0 Å². The van der Waals surface area contributed by atoms with Gasteiger partial charge in [-0.15, -0.1) is 11.3 Å². The number of halogens is 1. The lowest BCUT2D eigenvalue weighted by Gasteiger charge is -2.31. The monoisotopic (exact) mass is 420 g/mol. The summed E-state index contributed by atoms with van der Waals surface area (Å²) in [7, 11) is 0. The van der Waals surface area contributed by atoms with E-state index in [4.69, 9.17) is 16.3 Å². The van der Waals surface area contributed by atoms with Crippen molar-refractivity contribution in [2.45, 2.75) is 57.9 Å². The van der Waals surface area contributed by atoms with Crippen LogP contribution in [0.25, 0.3) is 0 Å². The molecule has 28 heavy (non-hydrogen) atoms. The van der Waals surface area contributed by atoms with Gasteiger partial charge in [-0.3, -0.25) is 14.5 Å². The molecule has 150 valence electrons. The molecule has 1 aliphatic carbocycles. The Bertz CT molecular complexity index is 839. The lowest BCUT2D eigenvalue weighted by molar-refractivity contribution is -0.142. The standard InChI is InChI=1S/C21H25ClN2O3S/c1-3-19(25)24(21-23-16(13-28-21)12-20(26)27-4-2)18-10-6-9-17(18)14-7-5-8-15(22)11-14/h5,7-8,11,13,17-18H,3-4,6,9-10,12H2,1-2H3. The zero-order chi connectivity index (χ0) is 20.1. The molecule has 5 nitrogen and oxygen atoms in total. The Morgan fingerprint density at radius 1 is 1.32 bits per heavy atom. The van der Waals surface area contributed by atoms with Gasteiger partial charge < -0.3 is 4.74 Å². The Morgan fingerprint density at radius 3 is 2.86 bits per heavy atom. The van der Waals surface area contributed by atoms with E-state index in [1.54, 1.807) is 6.92 Å². The van der Waals surface area contributed by atoms with Gasteiger partial charge in [0.05, 0.1) is 18.7 Å². The summed E-state index contributed by atoms with van der Waals surface area (Å²) in [6.07, 6.45) is 3.53. The number of amides is 1. The number of aromatic nitrogens is 1. The van der Waals surface area contributed by atoms with Crippen LogP contribution >= 0.6 is 22.9 Å². The summed E-state index contributed by atoms with van der Waals surface area (Å²) >= 11 is 7.61. The Labute approximate surface area is 174 Å². The van der Waals surface area contributed by atoms with Crippen LogP contribution in [0.15, 0.2) is 29.6 Å². The summed E-state index contributed by atoms with van der Waals surface area (Å²) in [5.74, 6) is -0.0204. The minimum atomic E-state index is -0.301. The lowest BCUT2D eigenvalue weighted by atomic mass is 9.93. The fraction of sp³-hybridized carbons (Fsp3) is 0.476. The number of anilines is 1. The average molecular weight is 421 g/mol. The Morgan fingerprint density at radius 2 is 2.14 bits per heavy atom. The van der Waals surface area contributed by atoms with Crippen molar-refractivity contribution in [1.29, 1.82) is 0 Å². The molecule has 0 aliphatic heterocycles. The summed E-state index contributed by atoms with van der Waals surface area (Å²) in [6, 6.07) is 7.95. The zero-order valence-corrected chi connectivity index (χ0v) is 17.8. The quantitative estimate of drug-likeness (QED) is 0.592. The molecule has 1 amide bonds. The van der Waals surface area contributed by atoms with Crippen molar-refractivity contribution in [3.05, 3.63) is 45.9 Å². The van der Waals surface area contributed by atoms with Gasteiger partial charge in [0.2, 0.25) is 5.91 Å². The van der Waals surface area contributed by atoms with Gasteiger partial charge in [-0.05, 0) is 37.5 Å². The van der Waals surface area contributed by atoms with Crippen LogP contribution in [-0.2, 0) is 20.7 Å². The van der Waals surface area contributed by atoms with Crippen molar-refractivity contribution in [3.8, 4) is 0 Å². The van der Waals surface area contributed by atoms with E-state index in [1.807, 2.05) is 35.4 Å². The van der Waals surface area contributed by atoms with Crippen molar-refractivity contribution >= 4 is 39.9 Å². The van der Waals surface area contributed by atoms with Crippen molar-refractivity contribution in [1.82, 2.24) is 4.98 Å². The summed E-state index contributed by atoms with van der Waals surface area (Å²) < 4.78 is 5.00. The fourth-order valence-corrected chi connectivity index (χ4v) is 4.92. The first-order valence-corrected chi connectivity index (χ1v) is 11.0. The van der Waals surface area contributed by atoms with Crippen molar-refractivity contribution < 1.29 is 14.3 Å². The molecule has 0 bridgehead atoms. The van der Waals surface area contributed by atoms with Gasteiger partial charge in [0.1, 0.15) is 0 Å². The highest BCUT2D eigenvalue weighted by atomic mass is 35.5. The summed E-state index contributed by atoms with van der Waals surface area (Å²) in [4.78, 5) is 31.0. The largest absolute Gasteiger partial charge is 0.466 e. The first-order valence-electron chi connectivity index (χ1n) is 9.71. The summed E-state index contributed by atoms with van der Waals surface area (Å²) in [5, 5.41) is 3.21. The van der Waals surface area contributed by atoms with Gasteiger partial charge in [0.25, 0.3) is 0 Å². The molecule has 2 unspecified atom stereocenters. The van der Waals surface area contributed by atoms with E-state index in [0.717, 1.165) is 24.8 Å². The minimum Gasteiger partial charge on any atom is -0.466 e. The number of thiazole rings is 1. The normalized spacial score (nSPS) is 18.8. The third-order valence-corrected chi connectivity index (χ3v) is 6.16. The van der Waals surface area contributed by atoms with E-state index < -0.39 is 0 Å². The van der Waals surface area contributed by atoms with Crippen LogP contribution in [0, 0.1) is 0 Å². The topological polar surface area (TPSA) is 59.5 Å². The molecule has 0 radical (unpaired) electrons. The molecule has 2 atom stereocenters. The van der Waals surface area contributed by atoms with Crippen molar-refractivity contribution in [2.75, 3.05) is 11.5 Å². The van der Waals surface area contributed by atoms with E-state index in [1.165, 1.54) is 11.3 Å². The summed E-state index contributed by atoms with van der Waals surface area (Å²) in [6.45, 7) is 3.99. The first kappa shape index (κ1) is 20.8. The smallest absolute Gasteiger partial charge is 0.311 e. The van der Waals surface area contributed by atoms with Gasteiger partial charge >= 0.3 is 5.97 Å². The average Bonchev–Trinajstić information content (AvgIpc) is 3.32. The molecule has 7 heteroatoms. The SMILES string of the molecule is CCOC(=O)Cc1csc(N(C(=O)CC)C2CCCC2c2cccc(Cl)c2)n1. The number of carbonyl (C=O) groups excluding carboxylic acids is 2. The molecule has 1 saturated carbocycles. The molecule has 3 rings (SSSR count). The van der Waals surface area contributed by atoms with Gasteiger partial charge in [0.15, 0.2) is 5.13 Å². The van der Waals surface area contributed by atoms with Gasteiger partial charge in [-0.25, -0.2) is 4.98 Å². The number of benzene rings is 1. The molecule has 1 aromatic carbocycles. The first-order chi connectivity index (χ1) is 13.5. The molecule has 1 heterocycles. The third-order valence-electron chi connectivity index (χ3n) is 5.04. The second kappa shape index (κ2) is 9.52. The highest BCUT2D eigenvalue weighted by Crippen LogP contribution is 2.41. The lowest BCUT2D eigenvalue weighted by Crippen LogP contribution is -2.41. The molecule has 2 aromatic rings. The van der Waals surface area contributed by atoms with Crippen molar-refractivity contribution in [2.24, 2.45) is 0 Å². The van der Waals surface area contributed by atoms with Crippen LogP contribution in [0.1, 0.15) is 56.7 Å². The minimum absolute atomic E-state index is 0.0486. The molecule has 1 fully saturated rings. The molecular weight excluding hydrogens is 396 g/mol. The summed E-state index contributed by atoms with van der Waals surface area (Å²) in [5.41, 5.74) is 1.80. The second-order valence-corrected chi connectivity index (χ2v) is 8.15. The van der Waals surface area contributed by atoms with Crippen LogP contribution in [0.5, 0.6) is 0 Å². The number of rotatable bonds is 7. The number of ether oxygens (including phenoxy) is 1. The predicted octanol–water partition coefficient (Wildman–Crippen LogP) is 4.98. The van der Waals surface area contributed by atoms with E-state index >= 15 is 0 Å². The van der Waals surface area contributed by atoms with E-state index in [9.17, 15) is 9.59 Å². The van der Waals surface area contributed by atoms with E-state index in [0.29, 0.717) is 28.9 Å².